The fourth-order valence-corrected chi connectivity index (χ4v) is 1.93. The number of rotatable bonds is 5. The Hall–Kier alpha value is -1.83. The number of nitrogens with two attached hydrogens (primary N) is 3. The molecule has 8 nitrogen and oxygen atoms in total. The normalized spacial score (nSPS) is 24.4. The molecule has 1 heterocycles. The fraction of sp³-hybridized carbons (Fsp3) is 0.700. The molecule has 1 unspecified atom stereocenters. The first-order chi connectivity index (χ1) is 8.41. The second-order valence-corrected chi connectivity index (χ2v) is 4.37. The fourth-order valence-electron chi connectivity index (χ4n) is 1.93. The summed E-state index contributed by atoms with van der Waals surface area (Å²) in [6, 6.07) is -0.883. The number of carbonyl (C=O) groups is 2. The van der Waals surface area contributed by atoms with Crippen molar-refractivity contribution in [3.63, 3.8) is 0 Å². The van der Waals surface area contributed by atoms with E-state index in [0.717, 1.165) is 0 Å². The van der Waals surface area contributed by atoms with E-state index in [0.29, 0.717) is 25.9 Å². The number of piperazine rings is 1. The number of carbonyl (C=O) groups excluding carboxylic acids is 2. The lowest BCUT2D eigenvalue weighted by atomic mass is 10.0. The molecule has 8 heteroatoms. The van der Waals surface area contributed by atoms with E-state index in [9.17, 15) is 9.59 Å². The van der Waals surface area contributed by atoms with Gasteiger partial charge in [-0.15, -0.1) is 0 Å². The van der Waals surface area contributed by atoms with Crippen LogP contribution in [0, 0.1) is 0 Å². The third-order valence-corrected chi connectivity index (χ3v) is 2.90. The molecule has 1 aliphatic heterocycles. The molecule has 7 N–H and O–H groups in total. The zero-order valence-corrected chi connectivity index (χ0v) is 10.4. The predicted molar refractivity (Wildman–Crippen MR) is 67.5 cm³/mol. The summed E-state index contributed by atoms with van der Waals surface area (Å²) in [5.41, 5.74) is 15.6. The van der Waals surface area contributed by atoms with Crippen LogP contribution in [0.5, 0.6) is 0 Å². The van der Waals surface area contributed by atoms with Gasteiger partial charge in [0, 0.05) is 13.1 Å². The third-order valence-electron chi connectivity index (χ3n) is 2.90. The second-order valence-electron chi connectivity index (χ2n) is 4.37. The maximum Gasteiger partial charge on any atom is 0.241 e. The summed E-state index contributed by atoms with van der Waals surface area (Å²) in [5, 5.41) is 2.61. The minimum atomic E-state index is -0.614. The van der Waals surface area contributed by atoms with Crippen LogP contribution in [-0.4, -0.2) is 54.9 Å². The van der Waals surface area contributed by atoms with Gasteiger partial charge in [-0.2, -0.15) is 0 Å². The summed E-state index contributed by atoms with van der Waals surface area (Å²) < 4.78 is 0. The zero-order valence-electron chi connectivity index (χ0n) is 10.4. The predicted octanol–water partition coefficient (Wildman–Crippen LogP) is -2.68. The number of hydrogen-bond acceptors (Lipinski definition) is 4. The molecule has 0 spiro atoms. The van der Waals surface area contributed by atoms with Crippen LogP contribution in [-0.2, 0) is 9.59 Å². The van der Waals surface area contributed by atoms with E-state index in [1.807, 2.05) is 4.90 Å². The molecule has 0 aromatic rings. The summed E-state index contributed by atoms with van der Waals surface area (Å²) in [5.74, 6) is -0.656. The van der Waals surface area contributed by atoms with Gasteiger partial charge < -0.3 is 22.5 Å². The van der Waals surface area contributed by atoms with Gasteiger partial charge in [0.1, 0.15) is 6.04 Å². The quantitative estimate of drug-likeness (QED) is 0.241. The summed E-state index contributed by atoms with van der Waals surface area (Å²) in [6.45, 7) is 0.910. The van der Waals surface area contributed by atoms with Crippen LogP contribution in [0.3, 0.4) is 0 Å². The molecular formula is C10H20N6O2. The molecule has 0 aliphatic carbocycles. The number of aliphatic imine (C=N–C) groups is 1. The van der Waals surface area contributed by atoms with Crippen molar-refractivity contribution in [3.8, 4) is 0 Å². The molecule has 0 aromatic carbocycles. The minimum Gasteiger partial charge on any atom is -0.370 e. The van der Waals surface area contributed by atoms with Crippen molar-refractivity contribution < 1.29 is 9.59 Å². The van der Waals surface area contributed by atoms with Crippen LogP contribution in [0.15, 0.2) is 4.99 Å². The first kappa shape index (κ1) is 14.2. The van der Waals surface area contributed by atoms with E-state index >= 15 is 0 Å². The number of hydrogen-bond donors (Lipinski definition) is 4. The second kappa shape index (κ2) is 6.20. The molecule has 1 aliphatic rings. The van der Waals surface area contributed by atoms with Gasteiger partial charge in [-0.1, -0.05) is 0 Å². The number of amides is 2. The topological polar surface area (TPSA) is 140 Å². The van der Waals surface area contributed by atoms with Gasteiger partial charge in [-0.3, -0.25) is 19.5 Å². The molecule has 2 amide bonds. The molecule has 0 aromatic heterocycles. The van der Waals surface area contributed by atoms with Crippen molar-refractivity contribution in [1.82, 2.24) is 10.2 Å². The Morgan fingerprint density at radius 1 is 1.50 bits per heavy atom. The number of guanidine groups is 1. The standard InChI is InChI=1S/C10H20N6O2/c1-16-5-6(8(11)17)15-9(18)7(16)3-2-4-14-10(12)13/h6-7H,2-5H2,1H3,(H2,11,17)(H,15,18)(H4,12,13,14)/t6?,7-/m0/s1. The third kappa shape index (κ3) is 3.88. The van der Waals surface area contributed by atoms with Gasteiger partial charge >= 0.3 is 0 Å². The Bertz CT molecular complexity index is 352. The first-order valence-electron chi connectivity index (χ1n) is 5.77. The van der Waals surface area contributed by atoms with E-state index in [4.69, 9.17) is 17.2 Å². The lowest BCUT2D eigenvalue weighted by Crippen LogP contribution is -2.62. The van der Waals surface area contributed by atoms with E-state index in [1.54, 1.807) is 7.05 Å². The van der Waals surface area contributed by atoms with Crippen LogP contribution >= 0.6 is 0 Å². The smallest absolute Gasteiger partial charge is 0.241 e. The largest absolute Gasteiger partial charge is 0.370 e. The summed E-state index contributed by atoms with van der Waals surface area (Å²) in [7, 11) is 1.79. The maximum absolute atomic E-state index is 11.8. The van der Waals surface area contributed by atoms with Crippen LogP contribution < -0.4 is 22.5 Å². The highest BCUT2D eigenvalue weighted by Crippen LogP contribution is 2.11. The first-order valence-corrected chi connectivity index (χ1v) is 5.77. The monoisotopic (exact) mass is 256 g/mol. The Morgan fingerprint density at radius 3 is 2.67 bits per heavy atom. The number of nitrogens with zero attached hydrogens (tertiary/aromatic N) is 2. The van der Waals surface area contributed by atoms with Crippen molar-refractivity contribution >= 4 is 17.8 Å². The molecule has 1 rings (SSSR count). The van der Waals surface area contributed by atoms with Crippen LogP contribution in [0.4, 0.5) is 0 Å². The average Bonchev–Trinajstić information content (AvgIpc) is 2.26. The zero-order chi connectivity index (χ0) is 13.7. The Balaban J connectivity index is 2.45. The lowest BCUT2D eigenvalue weighted by molar-refractivity contribution is -0.135. The SMILES string of the molecule is CN1CC(C(N)=O)NC(=O)[C@@H]1CCCN=C(N)N. The van der Waals surface area contributed by atoms with Gasteiger partial charge in [-0.05, 0) is 19.9 Å². The van der Waals surface area contributed by atoms with E-state index in [2.05, 4.69) is 10.3 Å². The van der Waals surface area contributed by atoms with Crippen LogP contribution in [0.2, 0.25) is 0 Å². The van der Waals surface area contributed by atoms with Crippen LogP contribution in [0.25, 0.3) is 0 Å². The summed E-state index contributed by atoms with van der Waals surface area (Å²) in [6.07, 6.45) is 1.33. The molecule has 2 atom stereocenters. The van der Waals surface area contributed by atoms with E-state index in [-0.39, 0.29) is 17.9 Å². The number of likely N-dealkylation sites (N-methyl/N-ethyl adjacent to an activating group) is 1. The summed E-state index contributed by atoms with van der Waals surface area (Å²) in [4.78, 5) is 28.5. The highest BCUT2D eigenvalue weighted by molar-refractivity contribution is 5.90. The van der Waals surface area contributed by atoms with Gasteiger partial charge in [0.2, 0.25) is 11.8 Å². The molecule has 18 heavy (non-hydrogen) atoms. The minimum absolute atomic E-state index is 0.0465. The Kier molecular flexibility index (Phi) is 4.90. The molecular weight excluding hydrogens is 236 g/mol. The molecule has 0 saturated carbocycles. The van der Waals surface area contributed by atoms with Crippen molar-refractivity contribution in [2.24, 2.45) is 22.2 Å². The maximum atomic E-state index is 11.8. The van der Waals surface area contributed by atoms with Gasteiger partial charge in [0.15, 0.2) is 5.96 Å². The van der Waals surface area contributed by atoms with E-state index in [1.165, 1.54) is 0 Å². The molecule has 0 bridgehead atoms. The van der Waals surface area contributed by atoms with Gasteiger partial charge in [-0.25, -0.2) is 0 Å². The summed E-state index contributed by atoms with van der Waals surface area (Å²) >= 11 is 0. The molecule has 1 fully saturated rings. The van der Waals surface area contributed by atoms with Crippen molar-refractivity contribution in [2.45, 2.75) is 24.9 Å². The Labute approximate surface area is 106 Å². The van der Waals surface area contributed by atoms with Gasteiger partial charge in [0.05, 0.1) is 6.04 Å². The van der Waals surface area contributed by atoms with Crippen LogP contribution in [0.1, 0.15) is 12.8 Å². The van der Waals surface area contributed by atoms with Gasteiger partial charge in [0.25, 0.3) is 0 Å². The number of nitrogens with one attached hydrogen (secondary N) is 1. The van der Waals surface area contributed by atoms with Crippen molar-refractivity contribution in [3.05, 3.63) is 0 Å². The molecule has 1 saturated heterocycles. The van der Waals surface area contributed by atoms with Crippen molar-refractivity contribution in [2.75, 3.05) is 20.1 Å². The highest BCUT2D eigenvalue weighted by atomic mass is 16.2. The highest BCUT2D eigenvalue weighted by Gasteiger charge is 2.33. The number of primary amides is 1. The molecule has 0 radical (unpaired) electrons. The van der Waals surface area contributed by atoms with E-state index < -0.39 is 11.9 Å². The lowest BCUT2D eigenvalue weighted by Gasteiger charge is -2.35. The molecule has 102 valence electrons. The average molecular weight is 256 g/mol. The Morgan fingerprint density at radius 2 is 2.17 bits per heavy atom. The van der Waals surface area contributed by atoms with Crippen molar-refractivity contribution in [1.29, 1.82) is 0 Å².